The number of pyridine rings is 1. The van der Waals surface area contributed by atoms with Crippen molar-refractivity contribution in [1.29, 1.82) is 0 Å². The first kappa shape index (κ1) is 15.3. The van der Waals surface area contributed by atoms with Crippen molar-refractivity contribution in [1.82, 2.24) is 4.98 Å². The van der Waals surface area contributed by atoms with Crippen molar-refractivity contribution in [2.24, 2.45) is 0 Å². The highest BCUT2D eigenvalue weighted by atomic mass is 79.9. The van der Waals surface area contributed by atoms with Gasteiger partial charge in [0.2, 0.25) is 0 Å². The van der Waals surface area contributed by atoms with Gasteiger partial charge in [0.05, 0.1) is 0 Å². The molecule has 0 aliphatic heterocycles. The molecule has 1 heterocycles. The highest BCUT2D eigenvalue weighted by Crippen LogP contribution is 2.27. The van der Waals surface area contributed by atoms with Crippen LogP contribution in [0.25, 0.3) is 0 Å². The third kappa shape index (κ3) is 3.31. The average molecular weight is 421 g/mol. The summed E-state index contributed by atoms with van der Waals surface area (Å²) in [6.07, 6.45) is 1.53. The number of nitrogens with one attached hydrogen (secondary N) is 1. The summed E-state index contributed by atoms with van der Waals surface area (Å²) in [6, 6.07) is 6.37. The number of nitrogen functional groups attached to an aromatic ring is 1. The van der Waals surface area contributed by atoms with Crippen LogP contribution in [-0.2, 0) is 10.0 Å². The Morgan fingerprint density at radius 1 is 1.25 bits per heavy atom. The summed E-state index contributed by atoms with van der Waals surface area (Å²) in [7, 11) is -3.76. The van der Waals surface area contributed by atoms with Gasteiger partial charge in [0.1, 0.15) is 10.7 Å². The number of aromatic nitrogens is 1. The Morgan fingerprint density at radius 3 is 2.60 bits per heavy atom. The van der Waals surface area contributed by atoms with Gasteiger partial charge in [0, 0.05) is 20.8 Å². The topological polar surface area (TPSA) is 85.1 Å². The molecule has 0 bridgehead atoms. The Bertz CT molecular complexity index is 763. The van der Waals surface area contributed by atoms with Crippen molar-refractivity contribution in [2.45, 2.75) is 11.8 Å². The summed E-state index contributed by atoms with van der Waals surface area (Å²) in [4.78, 5) is 4.13. The van der Waals surface area contributed by atoms with Crippen molar-refractivity contribution >= 4 is 53.4 Å². The average Bonchev–Trinajstić information content (AvgIpc) is 2.35. The van der Waals surface area contributed by atoms with E-state index in [4.69, 9.17) is 5.73 Å². The zero-order chi connectivity index (χ0) is 14.9. The monoisotopic (exact) mass is 419 g/mol. The van der Waals surface area contributed by atoms with Crippen LogP contribution >= 0.6 is 31.9 Å². The van der Waals surface area contributed by atoms with E-state index in [9.17, 15) is 8.42 Å². The summed E-state index contributed by atoms with van der Waals surface area (Å²) in [5.74, 6) is 0.280. The maximum absolute atomic E-state index is 12.4. The molecule has 3 N–H and O–H groups in total. The molecule has 0 fully saturated rings. The van der Waals surface area contributed by atoms with Crippen LogP contribution in [-0.4, -0.2) is 13.4 Å². The Hall–Kier alpha value is -1.12. The largest absolute Gasteiger partial charge is 0.399 e. The molecule has 0 amide bonds. The van der Waals surface area contributed by atoms with Gasteiger partial charge in [-0.05, 0) is 68.6 Å². The standard InChI is InChI=1S/C12H11Br2N3O2S/c1-7-4-8(13)6-16-12(7)17-20(18,19)11-5-9(15)2-3-10(11)14/h2-6H,15H2,1H3,(H,16,17). The van der Waals surface area contributed by atoms with Gasteiger partial charge in [-0.3, -0.25) is 4.72 Å². The minimum absolute atomic E-state index is 0.0709. The maximum Gasteiger partial charge on any atom is 0.264 e. The lowest BCUT2D eigenvalue weighted by atomic mass is 10.3. The first-order chi connectivity index (χ1) is 9.29. The zero-order valence-corrected chi connectivity index (χ0v) is 14.4. The summed E-state index contributed by atoms with van der Waals surface area (Å²) in [5.41, 5.74) is 6.71. The van der Waals surface area contributed by atoms with Crippen molar-refractivity contribution < 1.29 is 8.42 Å². The molecule has 0 unspecified atom stereocenters. The lowest BCUT2D eigenvalue weighted by Crippen LogP contribution is -2.15. The van der Waals surface area contributed by atoms with Gasteiger partial charge in [-0.25, -0.2) is 13.4 Å². The van der Waals surface area contributed by atoms with Gasteiger partial charge in [0.15, 0.2) is 0 Å². The summed E-state index contributed by atoms with van der Waals surface area (Å²) >= 11 is 6.49. The summed E-state index contributed by atoms with van der Waals surface area (Å²) < 4.78 is 28.4. The number of halogens is 2. The smallest absolute Gasteiger partial charge is 0.264 e. The van der Waals surface area contributed by atoms with Crippen molar-refractivity contribution in [3.8, 4) is 0 Å². The molecule has 1 aromatic heterocycles. The van der Waals surface area contributed by atoms with E-state index in [2.05, 4.69) is 41.6 Å². The molecular formula is C12H11Br2N3O2S. The predicted octanol–water partition coefficient (Wildman–Crippen LogP) is 3.30. The SMILES string of the molecule is Cc1cc(Br)cnc1NS(=O)(=O)c1cc(N)ccc1Br. The zero-order valence-electron chi connectivity index (χ0n) is 10.4. The molecule has 8 heteroatoms. The van der Waals surface area contributed by atoms with Crippen molar-refractivity contribution in [3.63, 3.8) is 0 Å². The lowest BCUT2D eigenvalue weighted by Gasteiger charge is -2.11. The van der Waals surface area contributed by atoms with Gasteiger partial charge in [-0.2, -0.15) is 0 Å². The molecule has 0 aliphatic rings. The van der Waals surface area contributed by atoms with Crippen molar-refractivity contribution in [3.05, 3.63) is 45.0 Å². The minimum Gasteiger partial charge on any atom is -0.399 e. The van der Waals surface area contributed by atoms with E-state index >= 15 is 0 Å². The van der Waals surface area contributed by atoms with Gasteiger partial charge in [-0.1, -0.05) is 0 Å². The molecular weight excluding hydrogens is 410 g/mol. The molecule has 0 radical (unpaired) electrons. The van der Waals surface area contributed by atoms with Crippen LogP contribution in [0.2, 0.25) is 0 Å². The van der Waals surface area contributed by atoms with E-state index in [-0.39, 0.29) is 10.7 Å². The number of hydrogen-bond acceptors (Lipinski definition) is 4. The summed E-state index contributed by atoms with van der Waals surface area (Å²) in [5, 5.41) is 0. The molecule has 1 aromatic carbocycles. The Morgan fingerprint density at radius 2 is 1.95 bits per heavy atom. The molecule has 0 atom stereocenters. The fourth-order valence-corrected chi connectivity index (χ4v) is 4.08. The Balaban J connectivity index is 2.43. The summed E-state index contributed by atoms with van der Waals surface area (Å²) in [6.45, 7) is 1.77. The van der Waals surface area contributed by atoms with Gasteiger partial charge in [-0.15, -0.1) is 0 Å². The number of aryl methyl sites for hydroxylation is 1. The first-order valence-electron chi connectivity index (χ1n) is 5.49. The van der Waals surface area contributed by atoms with Gasteiger partial charge < -0.3 is 5.73 Å². The number of sulfonamides is 1. The fourth-order valence-electron chi connectivity index (χ4n) is 1.56. The van der Waals surface area contributed by atoms with Crippen LogP contribution < -0.4 is 10.5 Å². The Kier molecular flexibility index (Phi) is 4.36. The second kappa shape index (κ2) is 5.71. The van der Waals surface area contributed by atoms with E-state index < -0.39 is 10.0 Å². The number of nitrogens with zero attached hydrogens (tertiary/aromatic N) is 1. The van der Waals surface area contributed by atoms with Crippen LogP contribution in [0.3, 0.4) is 0 Å². The quantitative estimate of drug-likeness (QED) is 0.746. The second-order valence-corrected chi connectivity index (χ2v) is 7.54. The highest BCUT2D eigenvalue weighted by Gasteiger charge is 2.19. The molecule has 0 saturated heterocycles. The van der Waals surface area contributed by atoms with Crippen LogP contribution in [0.15, 0.2) is 44.3 Å². The molecule has 5 nitrogen and oxygen atoms in total. The number of hydrogen-bond donors (Lipinski definition) is 2. The van der Waals surface area contributed by atoms with E-state index in [1.54, 1.807) is 25.1 Å². The van der Waals surface area contributed by atoms with Crippen LogP contribution in [0.5, 0.6) is 0 Å². The number of rotatable bonds is 3. The van der Waals surface area contributed by atoms with E-state index in [1.165, 1.54) is 12.3 Å². The number of anilines is 2. The van der Waals surface area contributed by atoms with E-state index in [0.29, 0.717) is 15.7 Å². The predicted molar refractivity (Wildman–Crippen MR) is 86.0 cm³/mol. The molecule has 0 saturated carbocycles. The highest BCUT2D eigenvalue weighted by molar-refractivity contribution is 9.10. The number of benzene rings is 1. The third-order valence-corrected chi connectivity index (χ3v) is 5.29. The molecule has 2 rings (SSSR count). The van der Waals surface area contributed by atoms with E-state index in [0.717, 1.165) is 4.47 Å². The second-order valence-electron chi connectivity index (χ2n) is 4.11. The van der Waals surface area contributed by atoms with Crippen LogP contribution in [0.1, 0.15) is 5.56 Å². The lowest BCUT2D eigenvalue weighted by molar-refractivity contribution is 0.600. The molecule has 2 aromatic rings. The third-order valence-electron chi connectivity index (χ3n) is 2.52. The molecule has 106 valence electrons. The minimum atomic E-state index is -3.76. The molecule has 0 aliphatic carbocycles. The van der Waals surface area contributed by atoms with Gasteiger partial charge >= 0.3 is 0 Å². The molecule has 20 heavy (non-hydrogen) atoms. The number of nitrogens with two attached hydrogens (primary N) is 1. The van der Waals surface area contributed by atoms with Crippen LogP contribution in [0, 0.1) is 6.92 Å². The fraction of sp³-hybridized carbons (Fsp3) is 0.0833. The van der Waals surface area contributed by atoms with Gasteiger partial charge in [0.25, 0.3) is 10.0 Å². The van der Waals surface area contributed by atoms with Crippen molar-refractivity contribution in [2.75, 3.05) is 10.5 Å². The first-order valence-corrected chi connectivity index (χ1v) is 8.56. The van der Waals surface area contributed by atoms with Crippen LogP contribution in [0.4, 0.5) is 11.5 Å². The Labute approximate surface area is 133 Å². The maximum atomic E-state index is 12.4. The van der Waals surface area contributed by atoms with E-state index in [1.807, 2.05) is 0 Å². The normalized spacial score (nSPS) is 11.3. The molecule has 0 spiro atoms.